The van der Waals surface area contributed by atoms with Crippen molar-refractivity contribution in [2.75, 3.05) is 17.2 Å². The SMILES string of the molecule is Cc1cc([C@@H](C)Nc2ccccc2C(=O)O)c2oc(-c3ccc(-c4cnn(CCOC(=O)c5ccccc5N[C@H](C)c5cc(C)cc6c(=O)c(C)c(-c7ccc(Cc8cnn(C)c8)cc7)oc56)c4)nc3)c(C)c(=O)c2c1. The Balaban J connectivity index is 0.812. The van der Waals surface area contributed by atoms with Crippen LogP contribution in [-0.4, -0.2) is 48.2 Å². The predicted molar refractivity (Wildman–Crippen MR) is 294 cm³/mol. The molecule has 10 aromatic rings. The summed E-state index contributed by atoms with van der Waals surface area (Å²) >= 11 is 0. The van der Waals surface area contributed by atoms with Gasteiger partial charge in [-0.25, -0.2) is 9.59 Å². The Morgan fingerprint density at radius 1 is 0.645 bits per heavy atom. The van der Waals surface area contributed by atoms with Crippen molar-refractivity contribution in [2.24, 2.45) is 7.05 Å². The largest absolute Gasteiger partial charge is 0.478 e. The lowest BCUT2D eigenvalue weighted by molar-refractivity contribution is 0.0488. The number of carboxylic acids is 1. The molecule has 0 amide bonds. The molecule has 5 heterocycles. The monoisotopic (exact) mass is 1010 g/mol. The molecule has 10 rings (SSSR count). The van der Waals surface area contributed by atoms with Crippen molar-refractivity contribution in [3.05, 3.63) is 216 Å². The molecular weight excluding hydrogens is 959 g/mol. The first kappa shape index (κ1) is 50.2. The van der Waals surface area contributed by atoms with Gasteiger partial charge in [0.25, 0.3) is 0 Å². The molecule has 0 radical (unpaired) electrons. The number of nitrogens with one attached hydrogen (secondary N) is 2. The number of para-hydroxylation sites is 2. The average molecular weight is 1010 g/mol. The summed E-state index contributed by atoms with van der Waals surface area (Å²) in [4.78, 5) is 58.2. The van der Waals surface area contributed by atoms with Crippen LogP contribution in [0, 0.1) is 27.7 Å². The van der Waals surface area contributed by atoms with Gasteiger partial charge < -0.3 is 29.3 Å². The van der Waals surface area contributed by atoms with Crippen molar-refractivity contribution in [1.82, 2.24) is 24.5 Å². The van der Waals surface area contributed by atoms with E-state index in [-0.39, 0.29) is 35.6 Å². The zero-order chi connectivity index (χ0) is 53.4. The van der Waals surface area contributed by atoms with Crippen LogP contribution in [0.3, 0.4) is 0 Å². The van der Waals surface area contributed by atoms with Crippen LogP contribution in [0.4, 0.5) is 11.4 Å². The summed E-state index contributed by atoms with van der Waals surface area (Å²) in [7, 11) is 1.90. The Morgan fingerprint density at radius 2 is 1.21 bits per heavy atom. The highest BCUT2D eigenvalue weighted by molar-refractivity contribution is 5.96. The molecule has 0 spiro atoms. The highest BCUT2D eigenvalue weighted by Gasteiger charge is 2.23. The number of hydrogen-bond acceptors (Lipinski definition) is 12. The molecule has 15 heteroatoms. The van der Waals surface area contributed by atoms with Gasteiger partial charge in [0.05, 0.1) is 58.6 Å². The van der Waals surface area contributed by atoms with Gasteiger partial charge in [-0.05, 0) is 112 Å². The van der Waals surface area contributed by atoms with E-state index in [9.17, 15) is 24.3 Å². The number of carboxylic acid groups (broad SMARTS) is 1. The molecule has 382 valence electrons. The van der Waals surface area contributed by atoms with Crippen LogP contribution < -0.4 is 21.5 Å². The van der Waals surface area contributed by atoms with Crippen LogP contribution in [-0.2, 0) is 24.8 Å². The van der Waals surface area contributed by atoms with Crippen molar-refractivity contribution < 1.29 is 28.3 Å². The van der Waals surface area contributed by atoms with Crippen LogP contribution >= 0.6 is 0 Å². The molecule has 5 aromatic carbocycles. The normalized spacial score (nSPS) is 12.2. The third-order valence-corrected chi connectivity index (χ3v) is 13.7. The Labute approximate surface area is 437 Å². The number of ether oxygens (including phenoxy) is 1. The second-order valence-corrected chi connectivity index (χ2v) is 19.3. The Hall–Kier alpha value is -9.37. The summed E-state index contributed by atoms with van der Waals surface area (Å²) in [6.07, 6.45) is 9.73. The Kier molecular flexibility index (Phi) is 13.8. The van der Waals surface area contributed by atoms with Crippen LogP contribution in [0.2, 0.25) is 0 Å². The van der Waals surface area contributed by atoms with Crippen LogP contribution in [0.1, 0.15) is 91.2 Å². The second kappa shape index (κ2) is 20.9. The number of anilines is 2. The van der Waals surface area contributed by atoms with Crippen molar-refractivity contribution >= 4 is 45.3 Å². The Morgan fingerprint density at radius 3 is 1.78 bits per heavy atom. The summed E-state index contributed by atoms with van der Waals surface area (Å²) < 4.78 is 22.5. The molecule has 2 atom stereocenters. The standard InChI is InChI=1S/C61H55N7O8/c1-34-24-47(38(5)65-52-14-10-8-12-45(52)60(71)72)59-50(27-34)55(70)37(4)57(76-59)43-20-21-51(62-30-43)44-31-64-68(33-44)22-23-74-61(73)46-13-9-11-15-53(46)66-39(6)48-25-35(2)26-49-54(69)36(3)56(75-58(48)49)42-18-16-40(17-19-42)28-41-29-63-67(7)32-41/h8-21,24-27,29-33,38-39,65-66H,22-23,28H2,1-7H3,(H,71,72)/t38-,39-/m1/s1. The van der Waals surface area contributed by atoms with E-state index in [1.165, 1.54) is 6.07 Å². The molecule has 0 fully saturated rings. The summed E-state index contributed by atoms with van der Waals surface area (Å²) in [6, 6.07) is 32.3. The third-order valence-electron chi connectivity index (χ3n) is 13.7. The number of nitrogens with zero attached hydrogens (tertiary/aromatic N) is 5. The minimum Gasteiger partial charge on any atom is -0.478 e. The number of fused-ring (bicyclic) bond motifs is 2. The van der Waals surface area contributed by atoms with Gasteiger partial charge in [0.2, 0.25) is 0 Å². The molecule has 76 heavy (non-hydrogen) atoms. The number of carbonyl (C=O) groups excluding carboxylic acids is 1. The second-order valence-electron chi connectivity index (χ2n) is 19.3. The summed E-state index contributed by atoms with van der Waals surface area (Å²) in [5.74, 6) is -0.688. The van der Waals surface area contributed by atoms with Crippen LogP contribution in [0.15, 0.2) is 159 Å². The van der Waals surface area contributed by atoms with Crippen molar-refractivity contribution in [3.8, 4) is 33.9 Å². The van der Waals surface area contributed by atoms with Gasteiger partial charge in [-0.3, -0.25) is 23.9 Å². The predicted octanol–water partition coefficient (Wildman–Crippen LogP) is 12.0. The first-order valence-corrected chi connectivity index (χ1v) is 24.9. The number of rotatable bonds is 16. The zero-order valence-electron chi connectivity index (χ0n) is 43.1. The molecule has 5 aromatic heterocycles. The Bertz CT molecular complexity index is 3980. The molecule has 0 aliphatic carbocycles. The van der Waals surface area contributed by atoms with E-state index in [4.69, 9.17) is 18.6 Å². The average Bonchev–Trinajstić information content (AvgIpc) is 4.10. The van der Waals surface area contributed by atoms with Crippen LogP contribution in [0.5, 0.6) is 0 Å². The van der Waals surface area contributed by atoms with E-state index in [1.54, 1.807) is 72.0 Å². The minimum atomic E-state index is -1.05. The lowest BCUT2D eigenvalue weighted by Crippen LogP contribution is -2.16. The first-order chi connectivity index (χ1) is 36.6. The number of aromatic carboxylic acids is 1. The maximum absolute atomic E-state index is 14.0. The molecular formula is C61H55N7O8. The molecule has 15 nitrogen and oxygen atoms in total. The number of aromatic nitrogens is 5. The smallest absolute Gasteiger partial charge is 0.340 e. The van der Waals surface area contributed by atoms with Gasteiger partial charge in [-0.1, -0.05) is 60.7 Å². The van der Waals surface area contributed by atoms with Gasteiger partial charge in [0, 0.05) is 82.4 Å². The number of carbonyl (C=O) groups is 2. The van der Waals surface area contributed by atoms with Gasteiger partial charge in [0.1, 0.15) is 29.3 Å². The maximum atomic E-state index is 14.0. The quantitative estimate of drug-likeness (QED) is 0.0774. The summed E-state index contributed by atoms with van der Waals surface area (Å²) in [6.45, 7) is 11.5. The number of pyridine rings is 1. The number of aryl methyl sites for hydroxylation is 3. The van der Waals surface area contributed by atoms with E-state index >= 15 is 0 Å². The minimum absolute atomic E-state index is 0.0401. The third kappa shape index (κ3) is 10.1. The molecule has 0 saturated heterocycles. The molecule has 3 N–H and O–H groups in total. The highest BCUT2D eigenvalue weighted by Crippen LogP contribution is 2.35. The summed E-state index contributed by atoms with van der Waals surface area (Å²) in [5.41, 5.74) is 11.3. The van der Waals surface area contributed by atoms with E-state index in [1.807, 2.05) is 120 Å². The topological polar surface area (TPSA) is 197 Å². The van der Waals surface area contributed by atoms with Gasteiger partial charge in [-0.15, -0.1) is 0 Å². The molecule has 0 aliphatic heterocycles. The fraction of sp³-hybridized carbons (Fsp3) is 0.197. The number of esters is 1. The van der Waals surface area contributed by atoms with E-state index in [0.717, 1.165) is 45.4 Å². The first-order valence-electron chi connectivity index (χ1n) is 24.9. The zero-order valence-corrected chi connectivity index (χ0v) is 43.1. The van der Waals surface area contributed by atoms with Crippen LogP contribution in [0.25, 0.3) is 55.8 Å². The summed E-state index contributed by atoms with van der Waals surface area (Å²) in [5, 5.41) is 26.3. The fourth-order valence-corrected chi connectivity index (χ4v) is 9.73. The fourth-order valence-electron chi connectivity index (χ4n) is 9.73. The van der Waals surface area contributed by atoms with Gasteiger partial charge in [-0.2, -0.15) is 10.2 Å². The maximum Gasteiger partial charge on any atom is 0.340 e. The molecule has 0 unspecified atom stereocenters. The molecule has 0 aliphatic rings. The van der Waals surface area contributed by atoms with E-state index in [0.29, 0.717) is 78.3 Å². The molecule has 0 saturated carbocycles. The lowest BCUT2D eigenvalue weighted by Gasteiger charge is -2.20. The molecule has 0 bridgehead atoms. The highest BCUT2D eigenvalue weighted by atomic mass is 16.5. The number of hydrogen-bond donors (Lipinski definition) is 3. The lowest BCUT2D eigenvalue weighted by atomic mass is 9.98. The van der Waals surface area contributed by atoms with Crippen molar-refractivity contribution in [3.63, 3.8) is 0 Å². The van der Waals surface area contributed by atoms with Crippen molar-refractivity contribution in [1.29, 1.82) is 0 Å². The van der Waals surface area contributed by atoms with E-state index < -0.39 is 18.0 Å². The van der Waals surface area contributed by atoms with Crippen molar-refractivity contribution in [2.45, 2.75) is 66.6 Å². The van der Waals surface area contributed by atoms with E-state index in [2.05, 4.69) is 20.8 Å². The number of benzene rings is 5. The van der Waals surface area contributed by atoms with Gasteiger partial charge >= 0.3 is 11.9 Å². The van der Waals surface area contributed by atoms with Gasteiger partial charge in [0.15, 0.2) is 10.9 Å².